The maximum atomic E-state index is 12.4. The Morgan fingerprint density at radius 2 is 1.50 bits per heavy atom. The summed E-state index contributed by atoms with van der Waals surface area (Å²) in [4.78, 5) is 0. The summed E-state index contributed by atoms with van der Waals surface area (Å²) in [5.74, 6) is 0. The molecule has 1 aromatic carbocycles. The first-order valence-corrected chi connectivity index (χ1v) is 4.59. The Labute approximate surface area is 81.8 Å². The highest BCUT2D eigenvalue weighted by Gasteiger charge is 2.30. The van der Waals surface area contributed by atoms with Gasteiger partial charge in [-0.3, -0.25) is 0 Å². The average Bonchev–Trinajstić information content (AvgIpc) is 2.15. The zero-order chi connectivity index (χ0) is 10.8. The lowest BCUT2D eigenvalue weighted by molar-refractivity contribution is -0.137. The number of benzene rings is 1. The molecule has 0 saturated carbocycles. The molecule has 0 spiro atoms. The van der Waals surface area contributed by atoms with Gasteiger partial charge in [-0.15, -0.1) is 0 Å². The third-order valence-corrected chi connectivity index (χ3v) is 2.07. The van der Waals surface area contributed by atoms with Gasteiger partial charge in [0, 0.05) is 0 Å². The maximum absolute atomic E-state index is 12.4. The molecule has 0 aliphatic carbocycles. The molecule has 0 amide bonds. The lowest BCUT2D eigenvalue weighted by Gasteiger charge is -2.10. The summed E-state index contributed by atoms with van der Waals surface area (Å²) in [6.07, 6.45) is -3.09. The van der Waals surface area contributed by atoms with Crippen molar-refractivity contribution in [3.8, 4) is 0 Å². The summed E-state index contributed by atoms with van der Waals surface area (Å²) in [6, 6.07) is 5.29. The summed E-state index contributed by atoms with van der Waals surface area (Å²) in [6.45, 7) is 3.65. The molecular weight excluding hydrogens is 189 g/mol. The zero-order valence-corrected chi connectivity index (χ0v) is 8.20. The molecule has 0 bridgehead atoms. The topological polar surface area (TPSA) is 0 Å². The van der Waals surface area contributed by atoms with Crippen molar-refractivity contribution in [2.24, 2.45) is 0 Å². The van der Waals surface area contributed by atoms with Crippen LogP contribution in [-0.4, -0.2) is 0 Å². The lowest BCUT2D eigenvalue weighted by Crippen LogP contribution is -2.06. The van der Waals surface area contributed by atoms with Crippen LogP contribution in [0, 0.1) is 6.07 Å². The van der Waals surface area contributed by atoms with Crippen LogP contribution in [0.2, 0.25) is 0 Å². The average molecular weight is 201 g/mol. The van der Waals surface area contributed by atoms with E-state index < -0.39 is 11.7 Å². The lowest BCUT2D eigenvalue weighted by atomic mass is 10.0. The predicted octanol–water partition coefficient (Wildman–Crippen LogP) is 3.63. The van der Waals surface area contributed by atoms with Gasteiger partial charge in [-0.2, -0.15) is 13.2 Å². The fourth-order valence-electron chi connectivity index (χ4n) is 1.24. The smallest absolute Gasteiger partial charge is 0.166 e. The Balaban J connectivity index is 3.17. The highest BCUT2D eigenvalue weighted by atomic mass is 19.4. The van der Waals surface area contributed by atoms with Gasteiger partial charge in [-0.05, 0) is 42.2 Å². The van der Waals surface area contributed by atoms with Gasteiger partial charge in [0.1, 0.15) is 0 Å². The molecule has 3 heteroatoms. The van der Waals surface area contributed by atoms with Crippen molar-refractivity contribution in [2.45, 2.75) is 32.9 Å². The van der Waals surface area contributed by atoms with Crippen LogP contribution in [0.3, 0.4) is 0 Å². The number of alkyl halides is 3. The van der Waals surface area contributed by atoms with Gasteiger partial charge >= 0.3 is 6.18 Å². The summed E-state index contributed by atoms with van der Waals surface area (Å²) in [5, 5.41) is 0. The molecule has 0 atom stereocenters. The van der Waals surface area contributed by atoms with Gasteiger partial charge in [0.25, 0.3) is 0 Å². The number of rotatable bonds is 2. The van der Waals surface area contributed by atoms with Crippen LogP contribution in [0.25, 0.3) is 0 Å². The number of hydrogen-bond acceptors (Lipinski definition) is 0. The molecule has 0 fully saturated rings. The van der Waals surface area contributed by atoms with E-state index in [2.05, 4.69) is 6.07 Å². The van der Waals surface area contributed by atoms with Crippen molar-refractivity contribution in [3.63, 3.8) is 0 Å². The predicted molar refractivity (Wildman–Crippen MR) is 49.0 cm³/mol. The molecule has 0 aromatic heterocycles. The van der Waals surface area contributed by atoms with Crippen LogP contribution in [0.4, 0.5) is 13.2 Å². The maximum Gasteiger partial charge on any atom is 0.416 e. The van der Waals surface area contributed by atoms with Crippen molar-refractivity contribution in [2.75, 3.05) is 0 Å². The van der Waals surface area contributed by atoms with Crippen molar-refractivity contribution < 1.29 is 13.2 Å². The van der Waals surface area contributed by atoms with E-state index in [1.165, 1.54) is 12.1 Å². The van der Waals surface area contributed by atoms with E-state index in [0.717, 1.165) is 0 Å². The van der Waals surface area contributed by atoms with Crippen molar-refractivity contribution in [1.82, 2.24) is 0 Å². The quantitative estimate of drug-likeness (QED) is 0.685. The van der Waals surface area contributed by atoms with E-state index >= 15 is 0 Å². The number of hydrogen-bond donors (Lipinski definition) is 0. The van der Waals surface area contributed by atoms with Gasteiger partial charge < -0.3 is 0 Å². The van der Waals surface area contributed by atoms with Gasteiger partial charge in [-0.1, -0.05) is 13.8 Å². The van der Waals surface area contributed by atoms with Crippen molar-refractivity contribution >= 4 is 0 Å². The molecule has 14 heavy (non-hydrogen) atoms. The Bertz CT molecular complexity index is 291. The van der Waals surface area contributed by atoms with Gasteiger partial charge in [0.2, 0.25) is 0 Å². The van der Waals surface area contributed by atoms with E-state index in [1.807, 2.05) is 13.8 Å². The van der Waals surface area contributed by atoms with Gasteiger partial charge in [0.05, 0.1) is 5.56 Å². The molecule has 1 aromatic rings. The SMILES string of the molecule is CCc1[c]c(CC)cc(C(F)(F)F)c1. The van der Waals surface area contributed by atoms with E-state index in [0.29, 0.717) is 24.0 Å². The number of halogens is 3. The van der Waals surface area contributed by atoms with Crippen LogP contribution >= 0.6 is 0 Å². The zero-order valence-electron chi connectivity index (χ0n) is 8.20. The number of aryl methyl sites for hydroxylation is 2. The highest BCUT2D eigenvalue weighted by molar-refractivity contribution is 5.30. The first-order chi connectivity index (χ1) is 6.47. The Kier molecular flexibility index (Phi) is 3.19. The minimum atomic E-state index is -4.25. The van der Waals surface area contributed by atoms with Crippen LogP contribution in [0.15, 0.2) is 12.1 Å². The second-order valence-electron chi connectivity index (χ2n) is 3.12. The van der Waals surface area contributed by atoms with Crippen LogP contribution < -0.4 is 0 Å². The first kappa shape index (κ1) is 11.1. The van der Waals surface area contributed by atoms with Crippen molar-refractivity contribution in [1.29, 1.82) is 0 Å². The Morgan fingerprint density at radius 1 is 1.07 bits per heavy atom. The molecule has 77 valence electrons. The molecular formula is C11H12F3. The highest BCUT2D eigenvalue weighted by Crippen LogP contribution is 2.30. The minimum Gasteiger partial charge on any atom is -0.166 e. The molecule has 0 N–H and O–H groups in total. The summed E-state index contributed by atoms with van der Waals surface area (Å²) in [7, 11) is 0. The molecule has 0 heterocycles. The normalized spacial score (nSPS) is 11.8. The Hall–Kier alpha value is -0.990. The summed E-state index contributed by atoms with van der Waals surface area (Å²) in [5.41, 5.74) is 0.679. The second kappa shape index (κ2) is 4.03. The van der Waals surface area contributed by atoms with E-state index in [-0.39, 0.29) is 0 Å². The molecule has 0 aliphatic heterocycles. The Morgan fingerprint density at radius 3 is 1.79 bits per heavy atom. The summed E-state index contributed by atoms with van der Waals surface area (Å²) >= 11 is 0. The molecule has 0 aliphatic rings. The second-order valence-corrected chi connectivity index (χ2v) is 3.12. The fourth-order valence-corrected chi connectivity index (χ4v) is 1.24. The minimum absolute atomic E-state index is 0.565. The van der Waals surface area contributed by atoms with E-state index in [4.69, 9.17) is 0 Å². The third kappa shape index (κ3) is 2.50. The van der Waals surface area contributed by atoms with Gasteiger partial charge in [0.15, 0.2) is 0 Å². The molecule has 1 radical (unpaired) electrons. The first-order valence-electron chi connectivity index (χ1n) is 4.59. The monoisotopic (exact) mass is 201 g/mol. The summed E-state index contributed by atoms with van der Waals surface area (Å²) < 4.78 is 37.2. The molecule has 0 nitrogen and oxygen atoms in total. The van der Waals surface area contributed by atoms with Gasteiger partial charge in [-0.25, -0.2) is 0 Å². The standard InChI is InChI=1S/C11H12F3/c1-3-8-5-9(4-2)7-10(6-8)11(12,13)14/h6-7H,3-4H2,1-2H3. The molecule has 0 unspecified atom stereocenters. The molecule has 0 saturated heterocycles. The van der Waals surface area contributed by atoms with Crippen LogP contribution in [-0.2, 0) is 19.0 Å². The molecule has 1 rings (SSSR count). The largest absolute Gasteiger partial charge is 0.416 e. The van der Waals surface area contributed by atoms with E-state index in [1.54, 1.807) is 0 Å². The van der Waals surface area contributed by atoms with Crippen molar-refractivity contribution in [3.05, 3.63) is 34.9 Å². The van der Waals surface area contributed by atoms with E-state index in [9.17, 15) is 13.2 Å². The van der Waals surface area contributed by atoms with Crippen LogP contribution in [0.1, 0.15) is 30.5 Å². The van der Waals surface area contributed by atoms with Crippen LogP contribution in [0.5, 0.6) is 0 Å². The third-order valence-electron chi connectivity index (χ3n) is 2.07. The fraction of sp³-hybridized carbons (Fsp3) is 0.455.